The summed E-state index contributed by atoms with van der Waals surface area (Å²) in [5, 5.41) is 6.85. The lowest BCUT2D eigenvalue weighted by atomic mass is 10.1. The van der Waals surface area contributed by atoms with Crippen LogP contribution >= 0.6 is 11.8 Å². The predicted octanol–water partition coefficient (Wildman–Crippen LogP) is 4.37. The van der Waals surface area contributed by atoms with Crippen molar-refractivity contribution in [1.82, 2.24) is 10.7 Å². The van der Waals surface area contributed by atoms with Crippen molar-refractivity contribution < 1.29 is 14.3 Å². The van der Waals surface area contributed by atoms with Gasteiger partial charge in [0.15, 0.2) is 6.61 Å². The molecule has 0 aliphatic rings. The molecule has 0 spiro atoms. The molecule has 0 saturated carbocycles. The number of hydrazone groups is 1. The smallest absolute Gasteiger partial charge is 0.257 e. The van der Waals surface area contributed by atoms with E-state index in [9.17, 15) is 9.59 Å². The van der Waals surface area contributed by atoms with Crippen LogP contribution in [-0.4, -0.2) is 36.9 Å². The molecule has 0 radical (unpaired) electrons. The molecule has 0 aliphatic heterocycles. The summed E-state index contributed by atoms with van der Waals surface area (Å²) >= 11 is 1.64. The average molecular weight is 476 g/mol. The second kappa shape index (κ2) is 13.9. The molecule has 0 bridgehead atoms. The first-order chi connectivity index (χ1) is 16.6. The number of amides is 2. The Bertz CT molecular complexity index is 1070. The molecule has 0 aromatic heterocycles. The molecule has 3 aromatic carbocycles. The van der Waals surface area contributed by atoms with E-state index in [4.69, 9.17) is 4.74 Å². The van der Waals surface area contributed by atoms with E-state index in [1.165, 1.54) is 11.1 Å². The number of rotatable bonds is 12. The fourth-order valence-corrected chi connectivity index (χ4v) is 3.82. The number of hydrogen-bond acceptors (Lipinski definition) is 5. The number of benzene rings is 3. The largest absolute Gasteiger partial charge is 0.484 e. The van der Waals surface area contributed by atoms with E-state index in [1.54, 1.807) is 30.1 Å². The minimum absolute atomic E-state index is 0.0428. The lowest BCUT2D eigenvalue weighted by Crippen LogP contribution is -2.30. The van der Waals surface area contributed by atoms with Gasteiger partial charge in [0.1, 0.15) is 5.75 Å². The van der Waals surface area contributed by atoms with E-state index in [-0.39, 0.29) is 18.4 Å². The summed E-state index contributed by atoms with van der Waals surface area (Å²) < 4.78 is 5.53. The first-order valence-electron chi connectivity index (χ1n) is 11.1. The van der Waals surface area contributed by atoms with Crippen molar-refractivity contribution in [3.8, 4) is 5.75 Å². The Balaban J connectivity index is 1.30. The normalized spacial score (nSPS) is 10.7. The number of aryl methyl sites for hydroxylation is 1. The molecule has 0 atom stereocenters. The van der Waals surface area contributed by atoms with Crippen LogP contribution in [0.5, 0.6) is 5.75 Å². The molecular weight excluding hydrogens is 446 g/mol. The standard InChI is InChI=1S/C27H29N3O3S/c1-21-7-13-25(14-8-21)34-18-16-26(31)30-29-19-23-9-11-24(12-10-23)33-20-27(32)28-17-15-22-5-3-2-4-6-22/h2-14,19H,15-18,20H2,1H3,(H,28,32)(H,30,31)/b29-19-. The van der Waals surface area contributed by atoms with Crippen LogP contribution in [0.3, 0.4) is 0 Å². The molecular formula is C27H29N3O3S. The maximum Gasteiger partial charge on any atom is 0.257 e. The third kappa shape index (κ3) is 9.50. The monoisotopic (exact) mass is 475 g/mol. The summed E-state index contributed by atoms with van der Waals surface area (Å²) in [6.45, 7) is 2.57. The predicted molar refractivity (Wildman–Crippen MR) is 137 cm³/mol. The minimum atomic E-state index is -0.162. The van der Waals surface area contributed by atoms with Crippen LogP contribution < -0.4 is 15.5 Å². The van der Waals surface area contributed by atoms with Gasteiger partial charge in [-0.1, -0.05) is 48.0 Å². The van der Waals surface area contributed by atoms with Crippen LogP contribution in [0, 0.1) is 6.92 Å². The fourth-order valence-electron chi connectivity index (χ4n) is 2.97. The number of carbonyl (C=O) groups is 2. The van der Waals surface area contributed by atoms with Gasteiger partial charge in [0, 0.05) is 23.6 Å². The molecule has 7 heteroatoms. The molecule has 3 aromatic rings. The van der Waals surface area contributed by atoms with Crippen LogP contribution in [0.4, 0.5) is 0 Å². The maximum absolute atomic E-state index is 11.9. The second-order valence-electron chi connectivity index (χ2n) is 7.65. The topological polar surface area (TPSA) is 79.8 Å². The zero-order chi connectivity index (χ0) is 24.0. The number of thioether (sulfide) groups is 1. The van der Waals surface area contributed by atoms with Gasteiger partial charge in [0.05, 0.1) is 6.21 Å². The molecule has 6 nitrogen and oxygen atoms in total. The zero-order valence-corrected chi connectivity index (χ0v) is 20.0. The summed E-state index contributed by atoms with van der Waals surface area (Å²) in [4.78, 5) is 25.0. The van der Waals surface area contributed by atoms with Gasteiger partial charge < -0.3 is 10.1 Å². The van der Waals surface area contributed by atoms with Crippen molar-refractivity contribution in [1.29, 1.82) is 0 Å². The molecule has 2 N–H and O–H groups in total. The van der Waals surface area contributed by atoms with Crippen LogP contribution in [0.2, 0.25) is 0 Å². The maximum atomic E-state index is 11.9. The van der Waals surface area contributed by atoms with Crippen LogP contribution in [-0.2, 0) is 16.0 Å². The van der Waals surface area contributed by atoms with Gasteiger partial charge in [-0.05, 0) is 60.9 Å². The van der Waals surface area contributed by atoms with Gasteiger partial charge in [-0.3, -0.25) is 9.59 Å². The highest BCUT2D eigenvalue weighted by molar-refractivity contribution is 7.99. The van der Waals surface area contributed by atoms with Crippen molar-refractivity contribution >= 4 is 29.8 Å². The highest BCUT2D eigenvalue weighted by Gasteiger charge is 2.03. The number of hydrogen-bond donors (Lipinski definition) is 2. The number of carbonyl (C=O) groups excluding carboxylic acids is 2. The van der Waals surface area contributed by atoms with E-state index in [0.29, 0.717) is 24.5 Å². The lowest BCUT2D eigenvalue weighted by molar-refractivity contribution is -0.123. The van der Waals surface area contributed by atoms with Gasteiger partial charge in [-0.25, -0.2) is 5.43 Å². The molecule has 0 aliphatic carbocycles. The van der Waals surface area contributed by atoms with E-state index in [2.05, 4.69) is 40.1 Å². The fraction of sp³-hybridized carbons (Fsp3) is 0.222. The third-order valence-corrected chi connectivity index (χ3v) is 5.86. The summed E-state index contributed by atoms with van der Waals surface area (Å²) in [6, 6.07) is 25.4. The molecule has 0 saturated heterocycles. The van der Waals surface area contributed by atoms with E-state index in [1.807, 2.05) is 49.4 Å². The molecule has 0 fully saturated rings. The summed E-state index contributed by atoms with van der Waals surface area (Å²) in [5.74, 6) is 0.988. The van der Waals surface area contributed by atoms with Crippen molar-refractivity contribution in [3.63, 3.8) is 0 Å². The van der Waals surface area contributed by atoms with E-state index < -0.39 is 0 Å². The molecule has 34 heavy (non-hydrogen) atoms. The van der Waals surface area contributed by atoms with Gasteiger partial charge >= 0.3 is 0 Å². The van der Waals surface area contributed by atoms with E-state index >= 15 is 0 Å². The molecule has 3 rings (SSSR count). The minimum Gasteiger partial charge on any atom is -0.484 e. The molecule has 0 heterocycles. The second-order valence-corrected chi connectivity index (χ2v) is 8.82. The summed E-state index contributed by atoms with van der Waals surface area (Å²) in [5.41, 5.74) is 5.76. The van der Waals surface area contributed by atoms with Gasteiger partial charge in [-0.2, -0.15) is 5.10 Å². The quantitative estimate of drug-likeness (QED) is 0.232. The van der Waals surface area contributed by atoms with Crippen LogP contribution in [0.1, 0.15) is 23.1 Å². The molecule has 2 amide bonds. The Kier molecular flexibility index (Phi) is 10.2. The Hall–Kier alpha value is -3.58. The van der Waals surface area contributed by atoms with Crippen molar-refractivity contribution in [3.05, 3.63) is 95.6 Å². The summed E-state index contributed by atoms with van der Waals surface area (Å²) in [6.07, 6.45) is 2.74. The van der Waals surface area contributed by atoms with E-state index in [0.717, 1.165) is 16.9 Å². The van der Waals surface area contributed by atoms with Crippen LogP contribution in [0.25, 0.3) is 0 Å². The molecule has 0 unspecified atom stereocenters. The van der Waals surface area contributed by atoms with Gasteiger partial charge in [0.25, 0.3) is 5.91 Å². The highest BCUT2D eigenvalue weighted by atomic mass is 32.2. The molecule has 176 valence electrons. The Morgan fingerprint density at radius 3 is 2.41 bits per heavy atom. The van der Waals surface area contributed by atoms with Crippen molar-refractivity contribution in [2.45, 2.75) is 24.7 Å². The van der Waals surface area contributed by atoms with Gasteiger partial charge in [-0.15, -0.1) is 11.8 Å². The highest BCUT2D eigenvalue weighted by Crippen LogP contribution is 2.18. The van der Waals surface area contributed by atoms with Gasteiger partial charge in [0.2, 0.25) is 5.91 Å². The first-order valence-corrected chi connectivity index (χ1v) is 12.1. The number of ether oxygens (including phenoxy) is 1. The Morgan fingerprint density at radius 2 is 1.68 bits per heavy atom. The van der Waals surface area contributed by atoms with Crippen molar-refractivity contribution in [2.75, 3.05) is 18.9 Å². The summed E-state index contributed by atoms with van der Waals surface area (Å²) in [7, 11) is 0. The number of nitrogens with zero attached hydrogens (tertiary/aromatic N) is 1. The van der Waals surface area contributed by atoms with Crippen LogP contribution in [0.15, 0.2) is 88.9 Å². The van der Waals surface area contributed by atoms with Crippen molar-refractivity contribution in [2.24, 2.45) is 5.10 Å². The average Bonchev–Trinajstić information content (AvgIpc) is 2.85. The SMILES string of the molecule is Cc1ccc(SCCC(=O)N/N=C\c2ccc(OCC(=O)NCCc3ccccc3)cc2)cc1. The zero-order valence-electron chi connectivity index (χ0n) is 19.2. The third-order valence-electron chi connectivity index (χ3n) is 4.85. The number of nitrogens with one attached hydrogen (secondary N) is 2. The Morgan fingerprint density at radius 1 is 0.941 bits per heavy atom. The first kappa shape index (κ1) is 25.1. The lowest BCUT2D eigenvalue weighted by Gasteiger charge is -2.08. The Labute approximate surface area is 204 Å².